The van der Waals surface area contributed by atoms with Crippen LogP contribution in [0.4, 0.5) is 0 Å². The van der Waals surface area contributed by atoms with Crippen molar-refractivity contribution in [2.45, 2.75) is 19.4 Å². The summed E-state index contributed by atoms with van der Waals surface area (Å²) in [7, 11) is 0. The fourth-order valence-electron chi connectivity index (χ4n) is 3.06. The van der Waals surface area contributed by atoms with E-state index in [-0.39, 0.29) is 5.56 Å². The summed E-state index contributed by atoms with van der Waals surface area (Å²) < 4.78 is 1.80. The van der Waals surface area contributed by atoms with Crippen LogP contribution >= 0.6 is 11.6 Å². The van der Waals surface area contributed by atoms with Crippen LogP contribution in [-0.2, 0) is 6.54 Å². The number of para-hydroxylation sites is 1. The number of hydrogen-bond acceptors (Lipinski definition) is 2. The summed E-state index contributed by atoms with van der Waals surface area (Å²) in [5.74, 6) is 0.787. The van der Waals surface area contributed by atoms with Gasteiger partial charge in [-0.1, -0.05) is 35.9 Å². The average Bonchev–Trinajstić information content (AvgIpc) is 2.58. The first-order chi connectivity index (χ1) is 11.2. The van der Waals surface area contributed by atoms with Crippen LogP contribution in [0.3, 0.4) is 0 Å². The first kappa shape index (κ1) is 14.2. The number of hydrogen-bond donors (Lipinski definition) is 0. The molecule has 0 unspecified atom stereocenters. The summed E-state index contributed by atoms with van der Waals surface area (Å²) in [6.45, 7) is 0.726. The summed E-state index contributed by atoms with van der Waals surface area (Å²) in [5, 5.41) is 1.40. The van der Waals surface area contributed by atoms with E-state index in [1.165, 1.54) is 0 Å². The second-order valence-electron chi connectivity index (χ2n) is 5.73. The monoisotopic (exact) mass is 322 g/mol. The van der Waals surface area contributed by atoms with Crippen molar-refractivity contribution >= 4 is 34.2 Å². The van der Waals surface area contributed by atoms with E-state index in [1.807, 2.05) is 48.5 Å². The third-order valence-electron chi connectivity index (χ3n) is 4.19. The standard InChI is InChI=1S/C19H15ClN2O/c20-15-9-7-13(8-10-15)12-14-4-3-11-22-18(14)21-17-6-2-1-5-16(17)19(22)23/h1-2,5-10,12H,3-4,11H2/b14-12-. The maximum atomic E-state index is 12.7. The number of nitrogens with zero attached hydrogens (tertiary/aromatic N) is 2. The molecule has 0 N–H and O–H groups in total. The predicted octanol–water partition coefficient (Wildman–Crippen LogP) is 4.38. The largest absolute Gasteiger partial charge is 0.292 e. The minimum Gasteiger partial charge on any atom is -0.292 e. The number of rotatable bonds is 1. The number of benzene rings is 2. The molecular weight excluding hydrogens is 308 g/mol. The van der Waals surface area contributed by atoms with E-state index in [2.05, 4.69) is 6.08 Å². The second-order valence-corrected chi connectivity index (χ2v) is 6.17. The molecular formula is C19H15ClN2O. The maximum Gasteiger partial charge on any atom is 0.261 e. The number of aromatic nitrogens is 2. The summed E-state index contributed by atoms with van der Waals surface area (Å²) in [5.41, 5.74) is 2.97. The molecule has 2 aromatic carbocycles. The number of halogens is 1. The molecule has 0 radical (unpaired) electrons. The molecule has 4 heteroatoms. The Morgan fingerprint density at radius 1 is 1.09 bits per heavy atom. The van der Waals surface area contributed by atoms with Crippen molar-refractivity contribution in [3.63, 3.8) is 0 Å². The zero-order chi connectivity index (χ0) is 15.8. The van der Waals surface area contributed by atoms with Gasteiger partial charge in [0, 0.05) is 11.6 Å². The highest BCUT2D eigenvalue weighted by molar-refractivity contribution is 6.30. The van der Waals surface area contributed by atoms with Gasteiger partial charge in [0.1, 0.15) is 5.82 Å². The number of allylic oxidation sites excluding steroid dienone is 1. The highest BCUT2D eigenvalue weighted by atomic mass is 35.5. The molecule has 0 fully saturated rings. The van der Waals surface area contributed by atoms with Gasteiger partial charge in [-0.2, -0.15) is 0 Å². The minimum absolute atomic E-state index is 0.0484. The van der Waals surface area contributed by atoms with Crippen molar-refractivity contribution in [1.29, 1.82) is 0 Å². The summed E-state index contributed by atoms with van der Waals surface area (Å²) >= 11 is 5.94. The summed E-state index contributed by atoms with van der Waals surface area (Å²) in [6, 6.07) is 15.2. The molecule has 0 bridgehead atoms. The van der Waals surface area contributed by atoms with Gasteiger partial charge in [0.2, 0.25) is 0 Å². The van der Waals surface area contributed by atoms with E-state index >= 15 is 0 Å². The molecule has 3 aromatic rings. The lowest BCUT2D eigenvalue weighted by atomic mass is 10.0. The lowest BCUT2D eigenvalue weighted by Crippen LogP contribution is -2.27. The fourth-order valence-corrected chi connectivity index (χ4v) is 3.18. The highest BCUT2D eigenvalue weighted by Gasteiger charge is 2.18. The first-order valence-corrected chi connectivity index (χ1v) is 8.06. The van der Waals surface area contributed by atoms with Crippen LogP contribution in [0.25, 0.3) is 22.6 Å². The Labute approximate surface area is 138 Å². The van der Waals surface area contributed by atoms with Gasteiger partial charge >= 0.3 is 0 Å². The molecule has 4 rings (SSSR count). The smallest absolute Gasteiger partial charge is 0.261 e. The summed E-state index contributed by atoms with van der Waals surface area (Å²) in [6.07, 6.45) is 3.97. The quantitative estimate of drug-likeness (QED) is 0.666. The van der Waals surface area contributed by atoms with E-state index in [0.29, 0.717) is 5.39 Å². The molecule has 3 nitrogen and oxygen atoms in total. The molecule has 2 heterocycles. The second kappa shape index (κ2) is 5.67. The number of fused-ring (bicyclic) bond motifs is 2. The van der Waals surface area contributed by atoms with Crippen LogP contribution in [0.5, 0.6) is 0 Å². The van der Waals surface area contributed by atoms with Gasteiger partial charge in [0.25, 0.3) is 5.56 Å². The van der Waals surface area contributed by atoms with E-state index in [1.54, 1.807) is 4.57 Å². The van der Waals surface area contributed by atoms with Crippen LogP contribution in [0.15, 0.2) is 53.3 Å². The van der Waals surface area contributed by atoms with Crippen molar-refractivity contribution in [2.75, 3.05) is 0 Å². The lowest BCUT2D eigenvalue weighted by molar-refractivity contribution is 0.587. The molecule has 114 valence electrons. The van der Waals surface area contributed by atoms with Crippen molar-refractivity contribution < 1.29 is 0 Å². The highest BCUT2D eigenvalue weighted by Crippen LogP contribution is 2.27. The molecule has 0 amide bonds. The predicted molar refractivity (Wildman–Crippen MR) is 94.6 cm³/mol. The van der Waals surface area contributed by atoms with Gasteiger partial charge in [-0.25, -0.2) is 4.98 Å². The van der Waals surface area contributed by atoms with E-state index in [9.17, 15) is 4.79 Å². The van der Waals surface area contributed by atoms with E-state index in [4.69, 9.17) is 16.6 Å². The van der Waals surface area contributed by atoms with Crippen molar-refractivity contribution in [2.24, 2.45) is 0 Å². The third-order valence-corrected chi connectivity index (χ3v) is 4.44. The normalized spacial score (nSPS) is 15.8. The Hall–Kier alpha value is -2.39. The minimum atomic E-state index is 0.0484. The Balaban J connectivity index is 1.91. The van der Waals surface area contributed by atoms with Crippen LogP contribution in [-0.4, -0.2) is 9.55 Å². The van der Waals surface area contributed by atoms with Crippen LogP contribution in [0, 0.1) is 0 Å². The van der Waals surface area contributed by atoms with Gasteiger partial charge in [0.15, 0.2) is 0 Å². The first-order valence-electron chi connectivity index (χ1n) is 7.68. The molecule has 0 spiro atoms. The fraction of sp³-hybridized carbons (Fsp3) is 0.158. The maximum absolute atomic E-state index is 12.7. The van der Waals surface area contributed by atoms with Crippen molar-refractivity contribution in [1.82, 2.24) is 9.55 Å². The molecule has 1 aliphatic heterocycles. The molecule has 1 aliphatic rings. The molecule has 23 heavy (non-hydrogen) atoms. The molecule has 0 saturated carbocycles. The molecule has 1 aromatic heterocycles. The van der Waals surface area contributed by atoms with Crippen LogP contribution < -0.4 is 5.56 Å². The Morgan fingerprint density at radius 3 is 2.70 bits per heavy atom. The van der Waals surface area contributed by atoms with Crippen LogP contribution in [0.1, 0.15) is 24.2 Å². The van der Waals surface area contributed by atoms with Gasteiger partial charge < -0.3 is 0 Å². The van der Waals surface area contributed by atoms with E-state index in [0.717, 1.165) is 46.9 Å². The Bertz CT molecular complexity index is 971. The van der Waals surface area contributed by atoms with Gasteiger partial charge in [-0.15, -0.1) is 0 Å². The molecule has 0 atom stereocenters. The zero-order valence-electron chi connectivity index (χ0n) is 12.5. The van der Waals surface area contributed by atoms with Crippen LogP contribution in [0.2, 0.25) is 5.02 Å². The zero-order valence-corrected chi connectivity index (χ0v) is 13.3. The third kappa shape index (κ3) is 2.57. The molecule has 0 saturated heterocycles. The van der Waals surface area contributed by atoms with Gasteiger partial charge in [-0.3, -0.25) is 9.36 Å². The van der Waals surface area contributed by atoms with Gasteiger partial charge in [0.05, 0.1) is 10.9 Å². The van der Waals surface area contributed by atoms with Gasteiger partial charge in [-0.05, 0) is 54.3 Å². The topological polar surface area (TPSA) is 34.9 Å². The Kier molecular flexibility index (Phi) is 3.50. The average molecular weight is 323 g/mol. The Morgan fingerprint density at radius 2 is 1.87 bits per heavy atom. The SMILES string of the molecule is O=c1c2ccccc2nc2n1CCC/C2=C/c1ccc(Cl)cc1. The van der Waals surface area contributed by atoms with Crippen molar-refractivity contribution in [3.05, 3.63) is 75.3 Å². The molecule has 0 aliphatic carbocycles. The van der Waals surface area contributed by atoms with Crippen molar-refractivity contribution in [3.8, 4) is 0 Å². The van der Waals surface area contributed by atoms with E-state index < -0.39 is 0 Å². The lowest BCUT2D eigenvalue weighted by Gasteiger charge is -2.20. The summed E-state index contributed by atoms with van der Waals surface area (Å²) in [4.78, 5) is 17.4.